The second-order valence-corrected chi connectivity index (χ2v) is 6.83. The molecule has 0 spiro atoms. The van der Waals surface area contributed by atoms with Crippen molar-refractivity contribution in [3.8, 4) is 0 Å². The van der Waals surface area contributed by atoms with Gasteiger partial charge in [0.05, 0.1) is 0 Å². The van der Waals surface area contributed by atoms with E-state index < -0.39 is 11.8 Å². The van der Waals surface area contributed by atoms with Crippen molar-refractivity contribution in [1.29, 1.82) is 0 Å². The predicted molar refractivity (Wildman–Crippen MR) is 91.6 cm³/mol. The van der Waals surface area contributed by atoms with Crippen LogP contribution in [0.3, 0.4) is 0 Å². The second kappa shape index (κ2) is 14.0. The van der Waals surface area contributed by atoms with E-state index in [-0.39, 0.29) is 0 Å². The number of rotatable bonds is 15. The van der Waals surface area contributed by atoms with Crippen molar-refractivity contribution in [3.63, 3.8) is 0 Å². The van der Waals surface area contributed by atoms with Crippen LogP contribution in [0.15, 0.2) is 0 Å². The van der Waals surface area contributed by atoms with E-state index in [4.69, 9.17) is 0 Å². The van der Waals surface area contributed by atoms with Gasteiger partial charge < -0.3 is 4.74 Å². The second-order valence-electron chi connectivity index (χ2n) is 6.83. The lowest BCUT2D eigenvalue weighted by Gasteiger charge is -2.14. The lowest BCUT2D eigenvalue weighted by molar-refractivity contribution is -0.173. The lowest BCUT2D eigenvalue weighted by atomic mass is 10.0. The van der Waals surface area contributed by atoms with Crippen LogP contribution in [0.5, 0.6) is 0 Å². The highest BCUT2D eigenvalue weighted by molar-refractivity contribution is 5.69. The Morgan fingerprint density at radius 3 is 1.50 bits per heavy atom. The van der Waals surface area contributed by atoms with E-state index in [2.05, 4.69) is 11.7 Å². The van der Waals surface area contributed by atoms with Crippen molar-refractivity contribution in [3.05, 3.63) is 0 Å². The van der Waals surface area contributed by atoms with Crippen LogP contribution in [-0.2, 0) is 9.53 Å². The van der Waals surface area contributed by atoms with Gasteiger partial charge in [-0.2, -0.15) is 4.39 Å². The molecule has 0 fully saturated rings. The van der Waals surface area contributed by atoms with Gasteiger partial charge in [-0.1, -0.05) is 84.0 Å². The molecule has 2 nitrogen and oxygen atoms in total. The third-order valence-electron chi connectivity index (χ3n) is 3.84. The summed E-state index contributed by atoms with van der Waals surface area (Å²) in [6.07, 6.45) is 16.9. The van der Waals surface area contributed by atoms with E-state index in [0.717, 1.165) is 12.8 Å². The molecule has 0 aliphatic heterocycles. The molecule has 0 aromatic heterocycles. The lowest BCUT2D eigenvalue weighted by Crippen LogP contribution is -2.22. The van der Waals surface area contributed by atoms with Crippen LogP contribution in [0.25, 0.3) is 0 Å². The van der Waals surface area contributed by atoms with E-state index >= 15 is 0 Å². The van der Waals surface area contributed by atoms with Crippen molar-refractivity contribution in [1.82, 2.24) is 0 Å². The zero-order valence-electron chi connectivity index (χ0n) is 15.1. The highest BCUT2D eigenvalue weighted by atomic mass is 19.2. The summed E-state index contributed by atoms with van der Waals surface area (Å²) >= 11 is 0. The SMILES string of the molecule is CCCCCCCCCCCCCCCC(=O)OC(C)(C)F. The maximum absolute atomic E-state index is 13.1. The molecule has 0 aliphatic carbocycles. The maximum atomic E-state index is 13.1. The predicted octanol–water partition coefficient (Wildman–Crippen LogP) is 6.72. The molecule has 0 aromatic carbocycles. The number of ether oxygens (including phenoxy) is 1. The Bertz CT molecular complexity index is 259. The minimum atomic E-state index is -1.84. The summed E-state index contributed by atoms with van der Waals surface area (Å²) in [5.41, 5.74) is 0. The molecule has 0 aliphatic rings. The van der Waals surface area contributed by atoms with Gasteiger partial charge in [0.1, 0.15) is 0 Å². The van der Waals surface area contributed by atoms with Crippen molar-refractivity contribution < 1.29 is 13.9 Å². The molecule has 0 bridgehead atoms. The molecule has 132 valence electrons. The first-order chi connectivity index (χ1) is 10.5. The smallest absolute Gasteiger partial charge is 0.308 e. The summed E-state index contributed by atoms with van der Waals surface area (Å²) in [4.78, 5) is 11.3. The molecule has 22 heavy (non-hydrogen) atoms. The fraction of sp³-hybridized carbons (Fsp3) is 0.947. The fourth-order valence-corrected chi connectivity index (χ4v) is 2.61. The Kier molecular flexibility index (Phi) is 13.6. The maximum Gasteiger partial charge on any atom is 0.308 e. The first-order valence-corrected chi connectivity index (χ1v) is 9.36. The van der Waals surface area contributed by atoms with Crippen LogP contribution in [0.4, 0.5) is 4.39 Å². The number of hydrogen-bond acceptors (Lipinski definition) is 2. The average molecular weight is 317 g/mol. The van der Waals surface area contributed by atoms with Crippen LogP contribution < -0.4 is 0 Å². The Hall–Kier alpha value is -0.600. The van der Waals surface area contributed by atoms with Gasteiger partial charge in [-0.05, 0) is 6.42 Å². The molecular weight excluding hydrogens is 279 g/mol. The molecule has 3 heteroatoms. The molecule has 0 heterocycles. The Labute approximate surface area is 137 Å². The molecule has 0 unspecified atom stereocenters. The molecule has 0 saturated carbocycles. The van der Waals surface area contributed by atoms with E-state index in [1.807, 2.05) is 0 Å². The number of alkyl halides is 1. The minimum absolute atomic E-state index is 0.338. The first kappa shape index (κ1) is 21.4. The number of carbonyl (C=O) groups excluding carboxylic acids is 1. The first-order valence-electron chi connectivity index (χ1n) is 9.36. The van der Waals surface area contributed by atoms with Crippen LogP contribution in [0.1, 0.15) is 111 Å². The third kappa shape index (κ3) is 17.5. The van der Waals surface area contributed by atoms with Crippen LogP contribution in [0.2, 0.25) is 0 Å². The number of halogens is 1. The molecule has 0 rings (SSSR count). The number of esters is 1. The van der Waals surface area contributed by atoms with Gasteiger partial charge in [0.15, 0.2) is 0 Å². The minimum Gasteiger partial charge on any atom is -0.429 e. The van der Waals surface area contributed by atoms with Gasteiger partial charge in [0, 0.05) is 20.3 Å². The Morgan fingerprint density at radius 1 is 0.773 bits per heavy atom. The Balaban J connectivity index is 3.16. The standard InChI is InChI=1S/C19H37FO2/c1-4-5-6-7-8-9-10-11-12-13-14-15-16-17-18(21)22-19(2,3)20/h4-17H2,1-3H3. The van der Waals surface area contributed by atoms with Crippen molar-refractivity contribution in [2.24, 2.45) is 0 Å². The summed E-state index contributed by atoms with van der Waals surface area (Å²) in [5, 5.41) is 0. The summed E-state index contributed by atoms with van der Waals surface area (Å²) in [6, 6.07) is 0. The summed E-state index contributed by atoms with van der Waals surface area (Å²) in [7, 11) is 0. The van der Waals surface area contributed by atoms with Crippen LogP contribution in [0, 0.1) is 0 Å². The third-order valence-corrected chi connectivity index (χ3v) is 3.84. The number of carbonyl (C=O) groups is 1. The zero-order valence-corrected chi connectivity index (χ0v) is 15.1. The molecule has 0 saturated heterocycles. The van der Waals surface area contributed by atoms with Crippen molar-refractivity contribution in [2.45, 2.75) is 117 Å². The van der Waals surface area contributed by atoms with Crippen molar-refractivity contribution >= 4 is 5.97 Å². The quantitative estimate of drug-likeness (QED) is 0.248. The normalized spacial score (nSPS) is 11.6. The molecule has 0 aromatic rings. The summed E-state index contributed by atoms with van der Waals surface area (Å²) in [5.74, 6) is -2.26. The molecular formula is C19H37FO2. The van der Waals surface area contributed by atoms with Gasteiger partial charge in [-0.15, -0.1) is 0 Å². The van der Waals surface area contributed by atoms with Gasteiger partial charge >= 0.3 is 5.97 Å². The number of unbranched alkanes of at least 4 members (excludes halogenated alkanes) is 12. The molecule has 0 N–H and O–H groups in total. The monoisotopic (exact) mass is 316 g/mol. The van der Waals surface area contributed by atoms with Crippen LogP contribution >= 0.6 is 0 Å². The summed E-state index contributed by atoms with van der Waals surface area (Å²) < 4.78 is 17.7. The largest absolute Gasteiger partial charge is 0.429 e. The molecule has 0 atom stereocenters. The fourth-order valence-electron chi connectivity index (χ4n) is 2.61. The zero-order chi connectivity index (χ0) is 16.7. The molecule has 0 amide bonds. The van der Waals surface area contributed by atoms with Gasteiger partial charge in [0.25, 0.3) is 0 Å². The van der Waals surface area contributed by atoms with E-state index in [9.17, 15) is 9.18 Å². The topological polar surface area (TPSA) is 26.3 Å². The highest BCUT2D eigenvalue weighted by Gasteiger charge is 2.20. The van der Waals surface area contributed by atoms with Crippen LogP contribution in [-0.4, -0.2) is 11.8 Å². The van der Waals surface area contributed by atoms with E-state index in [0.29, 0.717) is 6.42 Å². The van der Waals surface area contributed by atoms with Gasteiger partial charge in [-0.3, -0.25) is 4.79 Å². The van der Waals surface area contributed by atoms with E-state index in [1.54, 1.807) is 0 Å². The van der Waals surface area contributed by atoms with E-state index in [1.165, 1.54) is 84.5 Å². The van der Waals surface area contributed by atoms with Gasteiger partial charge in [-0.25, -0.2) is 0 Å². The van der Waals surface area contributed by atoms with Gasteiger partial charge in [0.2, 0.25) is 5.85 Å². The molecule has 0 radical (unpaired) electrons. The summed E-state index contributed by atoms with van der Waals surface area (Å²) in [6.45, 7) is 4.77. The number of hydrogen-bond donors (Lipinski definition) is 0. The Morgan fingerprint density at radius 2 is 1.14 bits per heavy atom. The average Bonchev–Trinajstić information content (AvgIpc) is 2.42. The van der Waals surface area contributed by atoms with Crippen molar-refractivity contribution in [2.75, 3.05) is 0 Å². The highest BCUT2D eigenvalue weighted by Crippen LogP contribution is 2.15.